The minimum atomic E-state index is -0.169. The first-order valence-electron chi connectivity index (χ1n) is 8.17. The molecule has 0 atom stereocenters. The monoisotopic (exact) mass is 317 g/mol. The van der Waals surface area contributed by atoms with Crippen molar-refractivity contribution in [3.63, 3.8) is 0 Å². The number of fused-ring (bicyclic) bond motifs is 2. The number of carbonyl (C=O) groups excluding carboxylic acids is 2. The third kappa shape index (κ3) is 2.40. The molecule has 0 fully saturated rings. The molecule has 0 aliphatic carbocycles. The van der Waals surface area contributed by atoms with Crippen LogP contribution in [-0.4, -0.2) is 28.2 Å². The number of carbonyl (C=O) groups is 2. The molecule has 4 nitrogen and oxygen atoms in total. The summed E-state index contributed by atoms with van der Waals surface area (Å²) in [6.07, 6.45) is 4.67. The lowest BCUT2D eigenvalue weighted by Crippen LogP contribution is -2.30. The molecule has 4 rings (SSSR count). The predicted molar refractivity (Wildman–Crippen MR) is 91.9 cm³/mol. The number of amides is 2. The van der Waals surface area contributed by atoms with Gasteiger partial charge in [-0.25, -0.2) is 0 Å². The maximum absolute atomic E-state index is 12.3. The summed E-state index contributed by atoms with van der Waals surface area (Å²) >= 11 is 0. The van der Waals surface area contributed by atoms with Gasteiger partial charge >= 0.3 is 0 Å². The number of aromatic nitrogens is 1. The minimum absolute atomic E-state index is 0.169. The molecule has 2 heterocycles. The number of unbranched alkanes of at least 4 members (excludes halogenated alkanes) is 1. The third-order valence-electron chi connectivity index (χ3n) is 4.57. The molecule has 119 valence electrons. The molecule has 1 N–H and O–H groups in total. The fourth-order valence-corrected chi connectivity index (χ4v) is 3.30. The Morgan fingerprint density at radius 3 is 2.50 bits per heavy atom. The van der Waals surface area contributed by atoms with E-state index < -0.39 is 0 Å². The Hall–Kier alpha value is -2.88. The summed E-state index contributed by atoms with van der Waals surface area (Å²) < 4.78 is 0. The Morgan fingerprint density at radius 1 is 1.00 bits per heavy atom. The van der Waals surface area contributed by atoms with Crippen molar-refractivity contribution in [2.24, 2.45) is 0 Å². The molecule has 4 heteroatoms. The van der Waals surface area contributed by atoms with Gasteiger partial charge < -0.3 is 4.98 Å². The number of H-pyrrole nitrogens is 1. The summed E-state index contributed by atoms with van der Waals surface area (Å²) in [7, 11) is 0. The van der Waals surface area contributed by atoms with Crippen LogP contribution in [-0.2, 0) is 6.42 Å². The summed E-state index contributed by atoms with van der Waals surface area (Å²) in [6, 6.07) is 16.0. The van der Waals surface area contributed by atoms with Gasteiger partial charge in [0.1, 0.15) is 0 Å². The van der Waals surface area contributed by atoms with Crippen LogP contribution in [0.5, 0.6) is 0 Å². The first kappa shape index (κ1) is 14.7. The average molecular weight is 317 g/mol. The maximum Gasteiger partial charge on any atom is 0.261 e. The lowest BCUT2D eigenvalue weighted by Gasteiger charge is -2.13. The number of imide groups is 1. The molecular formula is C20H17N2O2. The van der Waals surface area contributed by atoms with Gasteiger partial charge in [0.2, 0.25) is 0 Å². The number of rotatable bonds is 5. The smallest absolute Gasteiger partial charge is 0.261 e. The van der Waals surface area contributed by atoms with Crippen LogP contribution in [0.25, 0.3) is 10.9 Å². The molecule has 1 aromatic heterocycles. The van der Waals surface area contributed by atoms with Crippen molar-refractivity contribution in [3.8, 4) is 0 Å². The van der Waals surface area contributed by atoms with Gasteiger partial charge in [-0.15, -0.1) is 0 Å². The van der Waals surface area contributed by atoms with E-state index >= 15 is 0 Å². The van der Waals surface area contributed by atoms with Crippen molar-refractivity contribution in [1.82, 2.24) is 9.88 Å². The number of nitrogens with zero attached hydrogens (tertiary/aromatic N) is 1. The highest BCUT2D eigenvalue weighted by Crippen LogP contribution is 2.23. The lowest BCUT2D eigenvalue weighted by molar-refractivity contribution is 0.0652. The van der Waals surface area contributed by atoms with Crippen LogP contribution in [0.4, 0.5) is 0 Å². The van der Waals surface area contributed by atoms with Gasteiger partial charge in [-0.05, 0) is 55.2 Å². The van der Waals surface area contributed by atoms with Gasteiger partial charge in [-0.1, -0.05) is 18.2 Å². The molecule has 1 radical (unpaired) electrons. The molecule has 2 aromatic carbocycles. The van der Waals surface area contributed by atoms with E-state index in [4.69, 9.17) is 0 Å². The fraction of sp³-hybridized carbons (Fsp3) is 0.200. The second-order valence-corrected chi connectivity index (χ2v) is 6.05. The first-order chi connectivity index (χ1) is 11.8. The third-order valence-corrected chi connectivity index (χ3v) is 4.57. The van der Waals surface area contributed by atoms with Crippen molar-refractivity contribution < 1.29 is 9.59 Å². The van der Waals surface area contributed by atoms with Gasteiger partial charge in [0.25, 0.3) is 11.8 Å². The molecular weight excluding hydrogens is 300 g/mol. The van der Waals surface area contributed by atoms with E-state index in [1.165, 1.54) is 15.8 Å². The number of benzene rings is 2. The van der Waals surface area contributed by atoms with Gasteiger partial charge in [0, 0.05) is 23.6 Å². The summed E-state index contributed by atoms with van der Waals surface area (Å²) in [4.78, 5) is 29.2. The second-order valence-electron chi connectivity index (χ2n) is 6.05. The largest absolute Gasteiger partial charge is 0.361 e. The summed E-state index contributed by atoms with van der Waals surface area (Å²) in [6.45, 7) is 0.473. The highest BCUT2D eigenvalue weighted by Gasteiger charge is 2.34. The van der Waals surface area contributed by atoms with Gasteiger partial charge in [-0.2, -0.15) is 0 Å². The normalized spacial score (nSPS) is 13.8. The van der Waals surface area contributed by atoms with Gasteiger partial charge in [0.05, 0.1) is 11.1 Å². The summed E-state index contributed by atoms with van der Waals surface area (Å²) in [5.74, 6) is -0.338. The SMILES string of the molecule is O=C1c2ccccc2C(=O)N1CCCCc1c[nH]c2cc[c]cc12. The minimum Gasteiger partial charge on any atom is -0.361 e. The topological polar surface area (TPSA) is 53.2 Å². The first-order valence-corrected chi connectivity index (χ1v) is 8.17. The number of nitrogens with one attached hydrogen (secondary N) is 1. The zero-order valence-corrected chi connectivity index (χ0v) is 13.2. The molecule has 2 amide bonds. The Kier molecular flexibility index (Phi) is 3.65. The van der Waals surface area contributed by atoms with Crippen molar-refractivity contribution >= 4 is 22.7 Å². The Bertz CT molecular complexity index is 891. The van der Waals surface area contributed by atoms with Gasteiger partial charge in [-0.3, -0.25) is 14.5 Å². The van der Waals surface area contributed by atoms with Crippen LogP contribution in [0.1, 0.15) is 39.1 Å². The Balaban J connectivity index is 1.37. The summed E-state index contributed by atoms with van der Waals surface area (Å²) in [5.41, 5.74) is 3.41. The van der Waals surface area contributed by atoms with E-state index in [-0.39, 0.29) is 11.8 Å². The van der Waals surface area contributed by atoms with Crippen LogP contribution >= 0.6 is 0 Å². The molecule has 3 aromatic rings. The number of hydrogen-bond donors (Lipinski definition) is 1. The predicted octanol–water partition coefficient (Wildman–Crippen LogP) is 3.59. The highest BCUT2D eigenvalue weighted by atomic mass is 16.2. The average Bonchev–Trinajstić information content (AvgIpc) is 3.13. The van der Waals surface area contributed by atoms with Crippen molar-refractivity contribution in [1.29, 1.82) is 0 Å². The van der Waals surface area contributed by atoms with E-state index in [0.29, 0.717) is 17.7 Å². The molecule has 0 saturated heterocycles. The van der Waals surface area contributed by atoms with E-state index in [2.05, 4.69) is 11.1 Å². The molecule has 0 unspecified atom stereocenters. The van der Waals surface area contributed by atoms with Crippen LogP contribution in [0.2, 0.25) is 0 Å². The molecule has 0 spiro atoms. The number of aromatic amines is 1. The maximum atomic E-state index is 12.3. The van der Waals surface area contributed by atoms with Crippen LogP contribution in [0.3, 0.4) is 0 Å². The fourth-order valence-electron chi connectivity index (χ4n) is 3.30. The molecule has 0 saturated carbocycles. The molecule has 24 heavy (non-hydrogen) atoms. The lowest BCUT2D eigenvalue weighted by atomic mass is 10.1. The molecule has 1 aliphatic rings. The number of hydrogen-bond acceptors (Lipinski definition) is 2. The zero-order valence-electron chi connectivity index (χ0n) is 13.2. The van der Waals surface area contributed by atoms with Crippen molar-refractivity contribution in [2.45, 2.75) is 19.3 Å². The Morgan fingerprint density at radius 2 is 1.75 bits per heavy atom. The van der Waals surface area contributed by atoms with E-state index in [1.54, 1.807) is 24.3 Å². The van der Waals surface area contributed by atoms with Crippen molar-refractivity contribution in [3.05, 3.63) is 71.4 Å². The van der Waals surface area contributed by atoms with Crippen LogP contribution in [0, 0.1) is 6.07 Å². The quantitative estimate of drug-likeness (QED) is 0.577. The van der Waals surface area contributed by atoms with E-state index in [9.17, 15) is 9.59 Å². The van der Waals surface area contributed by atoms with E-state index in [1.807, 2.05) is 24.4 Å². The summed E-state index contributed by atoms with van der Waals surface area (Å²) in [5, 5.41) is 1.19. The Labute approximate surface area is 140 Å². The van der Waals surface area contributed by atoms with Gasteiger partial charge in [0.15, 0.2) is 0 Å². The van der Waals surface area contributed by atoms with Crippen LogP contribution in [0.15, 0.2) is 48.7 Å². The van der Waals surface area contributed by atoms with Crippen LogP contribution < -0.4 is 0 Å². The molecule has 1 aliphatic heterocycles. The highest BCUT2D eigenvalue weighted by molar-refractivity contribution is 6.21. The zero-order chi connectivity index (χ0) is 16.5. The van der Waals surface area contributed by atoms with E-state index in [0.717, 1.165) is 24.8 Å². The number of aryl methyl sites for hydroxylation is 1. The van der Waals surface area contributed by atoms with Crippen molar-refractivity contribution in [2.75, 3.05) is 6.54 Å². The second kappa shape index (κ2) is 5.96. The molecule has 0 bridgehead atoms. The standard InChI is InChI=1S/C20H17N2O2/c23-19-16-9-1-2-10-17(16)20(24)22(19)12-6-5-7-14-13-21-18-11-4-3-8-15(14)18/h1-2,4,8-11,13,21H,5-7,12H2.